The second-order valence-corrected chi connectivity index (χ2v) is 6.89. The summed E-state index contributed by atoms with van der Waals surface area (Å²) < 4.78 is 12.5. The van der Waals surface area contributed by atoms with Crippen molar-refractivity contribution in [3.05, 3.63) is 22.6 Å². The van der Waals surface area contributed by atoms with E-state index in [0.29, 0.717) is 0 Å². The molecule has 0 bridgehead atoms. The molecule has 5 heteroatoms. The zero-order chi connectivity index (χ0) is 14.7. The third-order valence-corrected chi connectivity index (χ3v) is 5.62. The Balaban J connectivity index is 1.94. The first-order valence-corrected chi connectivity index (χ1v) is 8.86. The summed E-state index contributed by atoms with van der Waals surface area (Å²) in [7, 11) is 0. The van der Waals surface area contributed by atoms with Crippen molar-refractivity contribution in [2.24, 2.45) is 0 Å². The summed E-state index contributed by atoms with van der Waals surface area (Å²) in [4.78, 5) is 2.64. The van der Waals surface area contributed by atoms with Crippen LogP contribution in [-0.2, 0) is 4.74 Å². The Morgan fingerprint density at radius 1 is 1.33 bits per heavy atom. The maximum Gasteiger partial charge on any atom is 0.136 e. The molecule has 118 valence electrons. The summed E-state index contributed by atoms with van der Waals surface area (Å²) in [5.41, 5.74) is 0.167. The normalized spacial score (nSPS) is 24.3. The van der Waals surface area contributed by atoms with Crippen molar-refractivity contribution >= 4 is 15.9 Å². The fourth-order valence-corrected chi connectivity index (χ4v) is 4.46. The second kappa shape index (κ2) is 6.82. The molecular formula is C16H25BrN2O2. The molecule has 0 spiro atoms. The van der Waals surface area contributed by atoms with Crippen LogP contribution in [0.2, 0.25) is 0 Å². The molecule has 1 aliphatic carbocycles. The van der Waals surface area contributed by atoms with E-state index < -0.39 is 0 Å². The number of hydrogen-bond acceptors (Lipinski definition) is 4. The Hall–Kier alpha value is -0.360. The highest BCUT2D eigenvalue weighted by atomic mass is 79.9. The van der Waals surface area contributed by atoms with Crippen molar-refractivity contribution in [2.75, 3.05) is 32.8 Å². The number of morpholine rings is 1. The smallest absolute Gasteiger partial charge is 0.136 e. The summed E-state index contributed by atoms with van der Waals surface area (Å²) in [6.45, 7) is 6.87. The van der Waals surface area contributed by atoms with Crippen LogP contribution in [-0.4, -0.2) is 43.3 Å². The molecule has 2 heterocycles. The van der Waals surface area contributed by atoms with Crippen LogP contribution in [0.4, 0.5) is 0 Å². The highest BCUT2D eigenvalue weighted by Gasteiger charge is 2.48. The first kappa shape index (κ1) is 15.5. The molecule has 3 rings (SSSR count). The largest absolute Gasteiger partial charge is 0.466 e. The summed E-state index contributed by atoms with van der Waals surface area (Å²) in [5.74, 6) is 1.05. The van der Waals surface area contributed by atoms with E-state index >= 15 is 0 Å². The molecule has 1 atom stereocenters. The Morgan fingerprint density at radius 3 is 2.62 bits per heavy atom. The van der Waals surface area contributed by atoms with Gasteiger partial charge in [0.25, 0.3) is 0 Å². The molecule has 1 aromatic heterocycles. The van der Waals surface area contributed by atoms with Crippen molar-refractivity contribution in [2.45, 2.75) is 44.2 Å². The summed E-state index contributed by atoms with van der Waals surface area (Å²) >= 11 is 3.66. The fraction of sp³-hybridized carbons (Fsp3) is 0.750. The van der Waals surface area contributed by atoms with E-state index in [9.17, 15) is 0 Å². The second-order valence-electron chi connectivity index (χ2n) is 6.03. The maximum atomic E-state index is 5.84. The lowest BCUT2D eigenvalue weighted by atomic mass is 9.84. The van der Waals surface area contributed by atoms with Crippen LogP contribution in [0, 0.1) is 0 Å². The number of nitrogens with one attached hydrogen (secondary N) is 1. The molecule has 1 unspecified atom stereocenters. The number of nitrogens with zero attached hydrogens (tertiary/aromatic N) is 1. The Morgan fingerprint density at radius 2 is 2.05 bits per heavy atom. The van der Waals surface area contributed by atoms with E-state index in [4.69, 9.17) is 9.15 Å². The zero-order valence-corrected chi connectivity index (χ0v) is 14.3. The predicted molar refractivity (Wildman–Crippen MR) is 86.4 cm³/mol. The van der Waals surface area contributed by atoms with E-state index in [0.717, 1.165) is 43.1 Å². The van der Waals surface area contributed by atoms with Gasteiger partial charge >= 0.3 is 0 Å². The number of ether oxygens (including phenoxy) is 1. The molecule has 21 heavy (non-hydrogen) atoms. The third-order valence-electron chi connectivity index (χ3n) is 4.96. The van der Waals surface area contributed by atoms with Crippen LogP contribution in [0.5, 0.6) is 0 Å². The fourth-order valence-electron chi connectivity index (χ4n) is 4.03. The van der Waals surface area contributed by atoms with Gasteiger partial charge in [0.1, 0.15) is 5.76 Å². The topological polar surface area (TPSA) is 37.6 Å². The number of likely N-dealkylation sites (N-methyl/N-ethyl adjacent to an activating group) is 1. The van der Waals surface area contributed by atoms with Gasteiger partial charge in [-0.25, -0.2) is 0 Å². The first-order valence-electron chi connectivity index (χ1n) is 8.07. The van der Waals surface area contributed by atoms with Gasteiger partial charge < -0.3 is 14.5 Å². The third kappa shape index (κ3) is 2.93. The molecule has 0 amide bonds. The predicted octanol–water partition coefficient (Wildman–Crippen LogP) is 3.34. The van der Waals surface area contributed by atoms with E-state index in [1.807, 2.05) is 6.07 Å². The molecule has 1 saturated heterocycles. The van der Waals surface area contributed by atoms with E-state index in [1.165, 1.54) is 25.7 Å². The standard InChI is InChI=1S/C16H25BrN2O2/c1-2-18-15(14-13(17)5-10-21-14)16(6-3-4-7-16)19-8-11-20-12-9-19/h5,10,15,18H,2-4,6-9,11-12H2,1H3. The summed E-state index contributed by atoms with van der Waals surface area (Å²) in [6, 6.07) is 2.24. The quantitative estimate of drug-likeness (QED) is 0.877. The molecule has 1 saturated carbocycles. The van der Waals surface area contributed by atoms with Crippen molar-refractivity contribution in [3.63, 3.8) is 0 Å². The highest BCUT2D eigenvalue weighted by Crippen LogP contribution is 2.46. The van der Waals surface area contributed by atoms with Crippen molar-refractivity contribution in [1.29, 1.82) is 0 Å². The lowest BCUT2D eigenvalue weighted by Crippen LogP contribution is -2.58. The SMILES string of the molecule is CCNC(c1occc1Br)C1(N2CCOCC2)CCCC1. The summed E-state index contributed by atoms with van der Waals surface area (Å²) in [5, 5.41) is 3.70. The number of hydrogen-bond donors (Lipinski definition) is 1. The molecule has 2 aliphatic rings. The molecule has 2 fully saturated rings. The molecular weight excluding hydrogens is 332 g/mol. The number of furan rings is 1. The molecule has 1 aliphatic heterocycles. The molecule has 0 aromatic carbocycles. The Kier molecular flexibility index (Phi) is 5.04. The van der Waals surface area contributed by atoms with Crippen molar-refractivity contribution in [3.8, 4) is 0 Å². The van der Waals surface area contributed by atoms with E-state index in [1.54, 1.807) is 6.26 Å². The number of rotatable bonds is 5. The van der Waals surface area contributed by atoms with Crippen LogP contribution in [0.15, 0.2) is 21.2 Å². The maximum absolute atomic E-state index is 5.84. The van der Waals surface area contributed by atoms with Crippen molar-refractivity contribution < 1.29 is 9.15 Å². The molecule has 1 N–H and O–H groups in total. The Bertz CT molecular complexity index is 451. The highest BCUT2D eigenvalue weighted by molar-refractivity contribution is 9.10. The minimum absolute atomic E-state index is 0.167. The lowest BCUT2D eigenvalue weighted by molar-refractivity contribution is -0.0391. The minimum atomic E-state index is 0.167. The van der Waals surface area contributed by atoms with Gasteiger partial charge in [-0.05, 0) is 41.4 Å². The van der Waals surface area contributed by atoms with Gasteiger partial charge in [-0.15, -0.1) is 0 Å². The monoisotopic (exact) mass is 356 g/mol. The summed E-state index contributed by atoms with van der Waals surface area (Å²) in [6.07, 6.45) is 6.86. The van der Waals surface area contributed by atoms with Gasteiger partial charge in [-0.3, -0.25) is 4.90 Å². The molecule has 0 radical (unpaired) electrons. The lowest BCUT2D eigenvalue weighted by Gasteiger charge is -2.48. The van der Waals surface area contributed by atoms with Gasteiger partial charge in [-0.2, -0.15) is 0 Å². The van der Waals surface area contributed by atoms with Crippen LogP contribution >= 0.6 is 15.9 Å². The van der Waals surface area contributed by atoms with E-state index in [2.05, 4.69) is 33.1 Å². The molecule has 1 aromatic rings. The van der Waals surface area contributed by atoms with Crippen LogP contribution in [0.3, 0.4) is 0 Å². The van der Waals surface area contributed by atoms with Gasteiger partial charge in [0, 0.05) is 18.6 Å². The van der Waals surface area contributed by atoms with Gasteiger partial charge in [0.15, 0.2) is 0 Å². The van der Waals surface area contributed by atoms with Gasteiger partial charge in [-0.1, -0.05) is 19.8 Å². The van der Waals surface area contributed by atoms with Crippen molar-refractivity contribution in [1.82, 2.24) is 10.2 Å². The Labute approximate surface area is 135 Å². The molecule has 4 nitrogen and oxygen atoms in total. The van der Waals surface area contributed by atoms with E-state index in [-0.39, 0.29) is 11.6 Å². The van der Waals surface area contributed by atoms with Crippen LogP contribution in [0.25, 0.3) is 0 Å². The average Bonchev–Trinajstić information content (AvgIpc) is 3.16. The minimum Gasteiger partial charge on any atom is -0.466 e. The average molecular weight is 357 g/mol. The van der Waals surface area contributed by atoms with Crippen LogP contribution < -0.4 is 5.32 Å². The first-order chi connectivity index (χ1) is 10.3. The zero-order valence-electron chi connectivity index (χ0n) is 12.7. The van der Waals surface area contributed by atoms with Gasteiger partial charge in [0.05, 0.1) is 30.0 Å². The number of halogens is 1. The van der Waals surface area contributed by atoms with Gasteiger partial charge in [0.2, 0.25) is 0 Å². The van der Waals surface area contributed by atoms with Crippen LogP contribution in [0.1, 0.15) is 44.4 Å².